The van der Waals surface area contributed by atoms with Crippen molar-refractivity contribution in [2.75, 3.05) is 5.32 Å². The van der Waals surface area contributed by atoms with Crippen LogP contribution in [-0.4, -0.2) is 20.7 Å². The number of rotatable bonds is 8. The van der Waals surface area contributed by atoms with Gasteiger partial charge in [0.2, 0.25) is 5.91 Å². The second kappa shape index (κ2) is 10.8. The molecule has 0 aliphatic heterocycles. The molecule has 4 rings (SSSR count). The van der Waals surface area contributed by atoms with Gasteiger partial charge in [-0.15, -0.1) is 16.8 Å². The number of carbonyl (C=O) groups is 1. The highest BCUT2D eigenvalue weighted by molar-refractivity contribution is 8.00. The van der Waals surface area contributed by atoms with Crippen molar-refractivity contribution in [3.8, 4) is 0 Å². The lowest BCUT2D eigenvalue weighted by molar-refractivity contribution is -0.115. The van der Waals surface area contributed by atoms with Crippen LogP contribution in [0.5, 0.6) is 0 Å². The van der Waals surface area contributed by atoms with Gasteiger partial charge in [-0.25, -0.2) is 0 Å². The van der Waals surface area contributed by atoms with Crippen LogP contribution in [0.2, 0.25) is 0 Å². The van der Waals surface area contributed by atoms with Gasteiger partial charge in [0.15, 0.2) is 5.16 Å². The summed E-state index contributed by atoms with van der Waals surface area (Å²) >= 11 is 1.46. The summed E-state index contributed by atoms with van der Waals surface area (Å²) in [6.07, 6.45) is 7.94. The zero-order chi connectivity index (χ0) is 23.2. The molecule has 1 aliphatic rings. The fourth-order valence-electron chi connectivity index (χ4n) is 4.43. The Labute approximate surface area is 200 Å². The van der Waals surface area contributed by atoms with Gasteiger partial charge in [0.25, 0.3) is 0 Å². The Hall–Kier alpha value is -2.86. The number of nitrogens with zero attached hydrogens (tertiary/aromatic N) is 3. The predicted octanol–water partition coefficient (Wildman–Crippen LogP) is 6.60. The molecular weight excluding hydrogens is 428 g/mol. The Morgan fingerprint density at radius 3 is 2.64 bits per heavy atom. The number of aryl methyl sites for hydroxylation is 2. The molecule has 1 amide bonds. The number of nitrogens with one attached hydrogen (secondary N) is 1. The van der Waals surface area contributed by atoms with E-state index in [1.165, 1.54) is 31.0 Å². The minimum Gasteiger partial charge on any atom is -0.325 e. The molecule has 0 saturated heterocycles. The van der Waals surface area contributed by atoms with Crippen LogP contribution < -0.4 is 5.32 Å². The third kappa shape index (κ3) is 5.56. The van der Waals surface area contributed by atoms with Gasteiger partial charge in [0.05, 0.1) is 0 Å². The van der Waals surface area contributed by atoms with E-state index in [4.69, 9.17) is 0 Å². The third-order valence-electron chi connectivity index (χ3n) is 6.24. The highest BCUT2D eigenvalue weighted by atomic mass is 32.2. The summed E-state index contributed by atoms with van der Waals surface area (Å²) in [4.78, 5) is 13.5. The van der Waals surface area contributed by atoms with Crippen LogP contribution in [0.1, 0.15) is 65.8 Å². The Morgan fingerprint density at radius 2 is 1.91 bits per heavy atom. The minimum absolute atomic E-state index is 0.0627. The number of hydrogen-bond donors (Lipinski definition) is 1. The van der Waals surface area contributed by atoms with E-state index < -0.39 is 5.25 Å². The van der Waals surface area contributed by atoms with Gasteiger partial charge >= 0.3 is 0 Å². The van der Waals surface area contributed by atoms with Crippen molar-refractivity contribution < 1.29 is 4.79 Å². The van der Waals surface area contributed by atoms with E-state index in [9.17, 15) is 4.79 Å². The topological polar surface area (TPSA) is 59.8 Å². The van der Waals surface area contributed by atoms with Crippen LogP contribution in [0, 0.1) is 13.8 Å². The molecule has 1 atom stereocenters. The van der Waals surface area contributed by atoms with Crippen LogP contribution in [-0.2, 0) is 11.3 Å². The summed E-state index contributed by atoms with van der Waals surface area (Å²) in [6, 6.07) is 16.0. The van der Waals surface area contributed by atoms with Gasteiger partial charge in [-0.1, -0.05) is 79.6 Å². The average molecular weight is 461 g/mol. The SMILES string of the molecule is C=CCn1c(SC(C(=O)Nc2cc(C)ccc2C)c2ccccc2)nnc1C1CCCCC1. The number of anilines is 1. The van der Waals surface area contributed by atoms with E-state index in [0.29, 0.717) is 12.5 Å². The van der Waals surface area contributed by atoms with Crippen molar-refractivity contribution in [2.45, 2.75) is 68.8 Å². The van der Waals surface area contributed by atoms with Crippen molar-refractivity contribution in [3.05, 3.63) is 83.7 Å². The number of amides is 1. The Kier molecular flexibility index (Phi) is 7.65. The Bertz CT molecular complexity index is 1100. The van der Waals surface area contributed by atoms with Gasteiger partial charge in [0, 0.05) is 18.2 Å². The molecule has 1 aliphatic carbocycles. The molecule has 1 saturated carbocycles. The van der Waals surface area contributed by atoms with E-state index >= 15 is 0 Å². The maximum Gasteiger partial charge on any atom is 0.242 e. The van der Waals surface area contributed by atoms with Gasteiger partial charge in [-0.05, 0) is 49.4 Å². The number of benzene rings is 2. The fourth-order valence-corrected chi connectivity index (χ4v) is 5.48. The Morgan fingerprint density at radius 1 is 1.15 bits per heavy atom. The molecule has 172 valence electrons. The van der Waals surface area contributed by atoms with Gasteiger partial charge in [-0.2, -0.15) is 0 Å². The highest BCUT2D eigenvalue weighted by Gasteiger charge is 2.28. The third-order valence-corrected chi connectivity index (χ3v) is 7.48. The lowest BCUT2D eigenvalue weighted by Crippen LogP contribution is -2.20. The van der Waals surface area contributed by atoms with Gasteiger partial charge in [0.1, 0.15) is 11.1 Å². The molecule has 1 unspecified atom stereocenters. The normalized spacial score (nSPS) is 15.2. The first kappa shape index (κ1) is 23.3. The standard InChI is InChI=1S/C27H32N4OS/c1-4-17-31-25(22-13-9-6-10-14-22)29-30-27(31)33-24(21-11-7-5-8-12-21)26(32)28-23-18-19(2)15-16-20(23)3/h4-5,7-8,11-12,15-16,18,22,24H,1,6,9-10,13-14,17H2,2-3H3,(H,28,32). The summed E-state index contributed by atoms with van der Waals surface area (Å²) in [5.41, 5.74) is 3.94. The van der Waals surface area contributed by atoms with Crippen molar-refractivity contribution in [3.63, 3.8) is 0 Å². The van der Waals surface area contributed by atoms with Gasteiger partial charge < -0.3 is 9.88 Å². The minimum atomic E-state index is -0.446. The predicted molar refractivity (Wildman–Crippen MR) is 136 cm³/mol. The van der Waals surface area contributed by atoms with Crippen LogP contribution in [0.25, 0.3) is 0 Å². The monoisotopic (exact) mass is 460 g/mol. The second-order valence-corrected chi connectivity index (χ2v) is 9.86. The molecule has 2 aromatic carbocycles. The van der Waals surface area contributed by atoms with E-state index in [2.05, 4.69) is 32.7 Å². The Balaban J connectivity index is 1.65. The summed E-state index contributed by atoms with van der Waals surface area (Å²) < 4.78 is 2.15. The maximum absolute atomic E-state index is 13.5. The maximum atomic E-state index is 13.5. The number of allylic oxidation sites excluding steroid dienone is 1. The first-order valence-corrected chi connectivity index (χ1v) is 12.6. The number of hydrogen-bond acceptors (Lipinski definition) is 4. The largest absolute Gasteiger partial charge is 0.325 e. The molecule has 0 radical (unpaired) electrons. The molecule has 33 heavy (non-hydrogen) atoms. The lowest BCUT2D eigenvalue weighted by Gasteiger charge is -2.22. The molecule has 0 bridgehead atoms. The van der Waals surface area contributed by atoms with E-state index in [-0.39, 0.29) is 5.91 Å². The van der Waals surface area contributed by atoms with Crippen LogP contribution in [0.4, 0.5) is 5.69 Å². The number of aromatic nitrogens is 3. The van der Waals surface area contributed by atoms with Gasteiger partial charge in [-0.3, -0.25) is 4.79 Å². The van der Waals surface area contributed by atoms with E-state index in [1.54, 1.807) is 0 Å². The quantitative estimate of drug-likeness (QED) is 0.304. The van der Waals surface area contributed by atoms with Crippen molar-refractivity contribution in [1.29, 1.82) is 0 Å². The zero-order valence-corrected chi connectivity index (χ0v) is 20.3. The lowest BCUT2D eigenvalue weighted by atomic mass is 9.89. The molecule has 5 nitrogen and oxygen atoms in total. The fraction of sp³-hybridized carbons (Fsp3) is 0.370. The second-order valence-electron chi connectivity index (χ2n) is 8.79. The first-order valence-electron chi connectivity index (χ1n) is 11.7. The van der Waals surface area contributed by atoms with E-state index in [1.807, 2.05) is 62.4 Å². The number of carbonyl (C=O) groups excluding carboxylic acids is 1. The molecule has 3 aromatic rings. The molecule has 1 N–H and O–H groups in total. The molecular formula is C27H32N4OS. The van der Waals surface area contributed by atoms with E-state index in [0.717, 1.165) is 46.2 Å². The summed E-state index contributed by atoms with van der Waals surface area (Å²) in [5.74, 6) is 1.39. The average Bonchev–Trinajstić information content (AvgIpc) is 3.23. The number of thioether (sulfide) groups is 1. The van der Waals surface area contributed by atoms with Crippen molar-refractivity contribution in [1.82, 2.24) is 14.8 Å². The molecule has 0 spiro atoms. The molecule has 6 heteroatoms. The summed E-state index contributed by atoms with van der Waals surface area (Å²) in [5, 5.41) is 12.6. The van der Waals surface area contributed by atoms with Crippen LogP contribution >= 0.6 is 11.8 Å². The van der Waals surface area contributed by atoms with Crippen molar-refractivity contribution >= 4 is 23.4 Å². The molecule has 1 aromatic heterocycles. The smallest absolute Gasteiger partial charge is 0.242 e. The molecule has 1 heterocycles. The highest BCUT2D eigenvalue weighted by Crippen LogP contribution is 2.38. The summed E-state index contributed by atoms with van der Waals surface area (Å²) in [7, 11) is 0. The molecule has 1 fully saturated rings. The van der Waals surface area contributed by atoms with Crippen LogP contribution in [0.3, 0.4) is 0 Å². The van der Waals surface area contributed by atoms with Crippen LogP contribution in [0.15, 0.2) is 66.3 Å². The van der Waals surface area contributed by atoms with Crippen molar-refractivity contribution in [2.24, 2.45) is 0 Å². The summed E-state index contributed by atoms with van der Waals surface area (Å²) in [6.45, 7) is 8.63. The first-order chi connectivity index (χ1) is 16.1. The zero-order valence-electron chi connectivity index (χ0n) is 19.5.